The fourth-order valence-corrected chi connectivity index (χ4v) is 13.1. The van der Waals surface area contributed by atoms with E-state index in [1.165, 1.54) is 20.8 Å². The Bertz CT molecular complexity index is 2610. The molecular formula is C83H151N5O37. The minimum atomic E-state index is -1.44. The van der Waals surface area contributed by atoms with Gasteiger partial charge in [-0.05, 0) is 46.5 Å². The van der Waals surface area contributed by atoms with Gasteiger partial charge in [-0.1, -0.05) is 38.5 Å². The SMILES string of the molecule is CC(=O)NC1[C@H](OCCOCCOCCOCCCC(=O)CCOCC(COCCC(=O)CCCOCCOCCOCCO[C@@H]2OC(CO)[C@H](O)[C@H](O)C2NC(C)=O)(COCCC(=O)NCCOCCOCCOCCO[C@@H]2OC(CO)[C@H](O)[C@H](O)C2NC(C)=O)CC(=O)CCCCCCCCCCC(=O)NCC(O)COC(C)(C)C)OC(CO)[C@H](O)[C@@H]1O. The lowest BCUT2D eigenvalue weighted by atomic mass is 9.83. The van der Waals surface area contributed by atoms with Gasteiger partial charge in [-0.3, -0.25) is 38.4 Å². The minimum absolute atomic E-state index is 0.00224. The Hall–Kier alpha value is -4.80. The Labute approximate surface area is 734 Å². The Morgan fingerprint density at radius 2 is 0.640 bits per heavy atom. The predicted molar refractivity (Wildman–Crippen MR) is 442 cm³/mol. The van der Waals surface area contributed by atoms with Gasteiger partial charge in [0.25, 0.3) is 0 Å². The third-order valence-electron chi connectivity index (χ3n) is 19.7. The third kappa shape index (κ3) is 54.0. The molecule has 3 heterocycles. The lowest BCUT2D eigenvalue weighted by Crippen LogP contribution is -2.64. The van der Waals surface area contributed by atoms with E-state index in [1.807, 2.05) is 20.8 Å². The molecule has 0 radical (unpaired) electrons. The van der Waals surface area contributed by atoms with Gasteiger partial charge in [0.2, 0.25) is 29.5 Å². The summed E-state index contributed by atoms with van der Waals surface area (Å²) in [6, 6.07) is -3.23. The maximum atomic E-state index is 14.1. The number of ketones is 3. The summed E-state index contributed by atoms with van der Waals surface area (Å²) in [5, 5.41) is 114. The molecule has 125 heavy (non-hydrogen) atoms. The first-order chi connectivity index (χ1) is 60.0. The van der Waals surface area contributed by atoms with Crippen molar-refractivity contribution in [1.82, 2.24) is 26.6 Å². The van der Waals surface area contributed by atoms with Crippen molar-refractivity contribution < 1.29 is 179 Å². The van der Waals surface area contributed by atoms with Gasteiger partial charge in [0.1, 0.15) is 90.4 Å². The van der Waals surface area contributed by atoms with E-state index in [0.717, 1.165) is 44.9 Å². The standard InChI is InChI=1S/C83H151N5O37/c1-58(92)86-70-76(104)73(101)65(51-89)123-79(70)119-46-43-113-40-37-110-34-31-107-25-15-18-61(95)21-27-116-55-83(49-63(97)17-13-11-9-7-8-10-12-14-20-68(99)85-50-64(98)54-122-82(4,5)6,56-117-28-22-62(96)19-16-26-108-32-35-111-38-41-114-44-47-120-80-71(87-59(2)93)77(105)74(102)66(52-90)124-80)57-118-29-23-69(100)84-24-30-109-33-36-112-39-42-115-45-48-121-81-72(88-60(3)94)78(106)75(103)67(53-91)125-81/h64-67,70-81,89-91,98,101-106H,7-57H2,1-6H3,(H,84,100)(H,85,99)(H,86,92)(H,87,93)(H,88,94)/t64?,65?,66?,67?,70?,71?,72?,73-,74-,75-,76+,77+,78+,79+,80+,81+,83?/m0/s1. The van der Waals surface area contributed by atoms with Gasteiger partial charge in [0.15, 0.2) is 18.9 Å². The molecule has 7 unspecified atom stereocenters. The van der Waals surface area contributed by atoms with Crippen LogP contribution in [0.4, 0.5) is 0 Å². The van der Waals surface area contributed by atoms with Crippen LogP contribution in [-0.2, 0) is 128 Å². The van der Waals surface area contributed by atoms with E-state index in [0.29, 0.717) is 25.7 Å². The normalized spacial score (nSPS) is 23.5. The zero-order chi connectivity index (χ0) is 91.9. The summed E-state index contributed by atoms with van der Waals surface area (Å²) < 4.78 is 108. The molecule has 16 atom stereocenters. The van der Waals surface area contributed by atoms with E-state index in [-0.39, 0.29) is 272 Å². The smallest absolute Gasteiger partial charge is 0.222 e. The minimum Gasteiger partial charge on any atom is -0.394 e. The first-order valence-electron chi connectivity index (χ1n) is 43.9. The van der Waals surface area contributed by atoms with Crippen LogP contribution in [0, 0.1) is 5.41 Å². The second kappa shape index (κ2) is 70.0. The van der Waals surface area contributed by atoms with Crippen LogP contribution in [0.25, 0.3) is 0 Å². The average molecular weight is 1810 g/mol. The number of Topliss-reactive ketones (excluding diaryl/α,β-unsaturated/α-hetero) is 3. The summed E-state index contributed by atoms with van der Waals surface area (Å²) in [5.74, 6) is -2.11. The quantitative estimate of drug-likeness (QED) is 0.0273. The molecule has 0 bridgehead atoms. The van der Waals surface area contributed by atoms with Crippen molar-refractivity contribution in [3.63, 3.8) is 0 Å². The molecule has 730 valence electrons. The highest BCUT2D eigenvalue weighted by atomic mass is 16.7. The van der Waals surface area contributed by atoms with Gasteiger partial charge in [-0.15, -0.1) is 0 Å². The fourth-order valence-electron chi connectivity index (χ4n) is 13.1. The molecule has 0 aliphatic carbocycles. The molecule has 0 aromatic rings. The molecule has 0 saturated carbocycles. The summed E-state index contributed by atoms with van der Waals surface area (Å²) in [6.07, 6.45) is -7.54. The molecule has 3 aliphatic rings. The van der Waals surface area contributed by atoms with Crippen LogP contribution in [0.2, 0.25) is 0 Å². The van der Waals surface area contributed by atoms with Crippen LogP contribution in [-0.4, -0.2) is 419 Å². The molecule has 42 nitrogen and oxygen atoms in total. The maximum absolute atomic E-state index is 14.1. The van der Waals surface area contributed by atoms with E-state index in [1.54, 1.807) is 0 Å². The van der Waals surface area contributed by atoms with Gasteiger partial charge in [-0.25, -0.2) is 0 Å². The average Bonchev–Trinajstić information content (AvgIpc) is 0.839. The number of hydrogen-bond acceptors (Lipinski definition) is 37. The van der Waals surface area contributed by atoms with Crippen molar-refractivity contribution in [2.24, 2.45) is 5.41 Å². The van der Waals surface area contributed by atoms with Crippen LogP contribution in [0.3, 0.4) is 0 Å². The Kier molecular flexibility index (Phi) is 64.1. The number of hydrogen-bond donors (Lipinski definition) is 15. The molecule has 0 spiro atoms. The van der Waals surface area contributed by atoms with Crippen LogP contribution in [0.5, 0.6) is 0 Å². The molecular weight excluding hydrogens is 1660 g/mol. The van der Waals surface area contributed by atoms with Gasteiger partial charge in [0, 0.05) is 104 Å². The zero-order valence-corrected chi connectivity index (χ0v) is 74.3. The molecule has 15 N–H and O–H groups in total. The lowest BCUT2D eigenvalue weighted by Gasteiger charge is -2.42. The number of carbonyl (C=O) groups excluding carboxylic acids is 8. The summed E-state index contributed by atoms with van der Waals surface area (Å²) in [6.45, 7) is 11.7. The van der Waals surface area contributed by atoms with Crippen LogP contribution in [0.15, 0.2) is 0 Å². The molecule has 0 aromatic carbocycles. The van der Waals surface area contributed by atoms with Crippen molar-refractivity contribution in [2.45, 2.75) is 261 Å². The van der Waals surface area contributed by atoms with E-state index < -0.39 is 147 Å². The molecule has 42 heteroatoms. The van der Waals surface area contributed by atoms with E-state index in [2.05, 4.69) is 26.6 Å². The molecule has 0 aromatic heterocycles. The van der Waals surface area contributed by atoms with E-state index in [9.17, 15) is 89.4 Å². The maximum Gasteiger partial charge on any atom is 0.222 e. The summed E-state index contributed by atoms with van der Waals surface area (Å²) in [4.78, 5) is 101. The number of aliphatic hydroxyl groups excluding tert-OH is 10. The second-order valence-corrected chi connectivity index (χ2v) is 31.9. The fraction of sp³-hybridized carbons (Fsp3) is 0.904. The van der Waals surface area contributed by atoms with Crippen molar-refractivity contribution in [3.8, 4) is 0 Å². The number of aliphatic hydroxyl groups is 10. The molecule has 3 aliphatic heterocycles. The second-order valence-electron chi connectivity index (χ2n) is 31.9. The largest absolute Gasteiger partial charge is 0.394 e. The highest BCUT2D eigenvalue weighted by Crippen LogP contribution is 2.29. The Balaban J connectivity index is 1.52. The molecule has 5 amide bonds. The van der Waals surface area contributed by atoms with Gasteiger partial charge in [0.05, 0.1) is 203 Å². The first-order valence-corrected chi connectivity index (χ1v) is 43.9. The van der Waals surface area contributed by atoms with Crippen molar-refractivity contribution in [1.29, 1.82) is 0 Å². The van der Waals surface area contributed by atoms with Crippen LogP contribution < -0.4 is 26.6 Å². The molecule has 3 saturated heterocycles. The van der Waals surface area contributed by atoms with Gasteiger partial charge < -0.3 is 168 Å². The van der Waals surface area contributed by atoms with Crippen LogP contribution >= 0.6 is 0 Å². The highest BCUT2D eigenvalue weighted by molar-refractivity contribution is 5.80. The van der Waals surface area contributed by atoms with Gasteiger partial charge in [-0.2, -0.15) is 0 Å². The third-order valence-corrected chi connectivity index (χ3v) is 19.7. The number of carbonyl (C=O) groups is 8. The Morgan fingerprint density at radius 1 is 0.336 bits per heavy atom. The lowest BCUT2D eigenvalue weighted by molar-refractivity contribution is -0.272. The number of nitrogens with one attached hydrogen (secondary N) is 5. The van der Waals surface area contributed by atoms with Gasteiger partial charge >= 0.3 is 0 Å². The molecule has 3 fully saturated rings. The van der Waals surface area contributed by atoms with E-state index >= 15 is 0 Å². The number of unbranched alkanes of at least 4 members (excludes halogenated alkanes) is 7. The number of rotatable bonds is 79. The number of ether oxygens (including phenoxy) is 19. The number of amides is 5. The summed E-state index contributed by atoms with van der Waals surface area (Å²) in [7, 11) is 0. The zero-order valence-electron chi connectivity index (χ0n) is 74.3. The van der Waals surface area contributed by atoms with Crippen molar-refractivity contribution >= 4 is 46.9 Å². The Morgan fingerprint density at radius 3 is 0.984 bits per heavy atom. The monoisotopic (exact) mass is 1810 g/mol. The van der Waals surface area contributed by atoms with Crippen molar-refractivity contribution in [2.75, 3.05) is 218 Å². The predicted octanol–water partition coefficient (Wildman–Crippen LogP) is -2.81. The van der Waals surface area contributed by atoms with Crippen LogP contribution in [0.1, 0.15) is 157 Å². The summed E-state index contributed by atoms with van der Waals surface area (Å²) in [5.41, 5.74) is -1.51. The van der Waals surface area contributed by atoms with E-state index in [4.69, 9.17) is 90.0 Å². The molecule has 3 rings (SSSR count). The van der Waals surface area contributed by atoms with Crippen molar-refractivity contribution in [3.05, 3.63) is 0 Å². The first kappa shape index (κ1) is 114. The topological polar surface area (TPSA) is 574 Å². The highest BCUT2D eigenvalue weighted by Gasteiger charge is 2.48. The summed E-state index contributed by atoms with van der Waals surface area (Å²) >= 11 is 0.